The predicted molar refractivity (Wildman–Crippen MR) is 112 cm³/mol. The Labute approximate surface area is 181 Å². The summed E-state index contributed by atoms with van der Waals surface area (Å²) in [7, 11) is 3.02. The van der Waals surface area contributed by atoms with Crippen LogP contribution in [0, 0.1) is 21.7 Å². The molecule has 1 aliphatic rings. The van der Waals surface area contributed by atoms with Crippen LogP contribution in [0.1, 0.15) is 11.1 Å². The van der Waals surface area contributed by atoms with E-state index in [2.05, 4.69) is 4.98 Å². The van der Waals surface area contributed by atoms with Crippen LogP contribution in [0.5, 0.6) is 0 Å². The number of carbonyl (C=O) groups is 2. The maximum Gasteiger partial charge on any atom is 0.314 e. The van der Waals surface area contributed by atoms with Gasteiger partial charge in [0.2, 0.25) is 17.6 Å². The first kappa shape index (κ1) is 21.4. The molecule has 0 spiro atoms. The molecule has 1 N–H and O–H groups in total. The molecule has 1 fully saturated rings. The van der Waals surface area contributed by atoms with Crippen molar-refractivity contribution in [2.45, 2.75) is 24.9 Å². The van der Waals surface area contributed by atoms with Crippen LogP contribution in [0.3, 0.4) is 0 Å². The van der Waals surface area contributed by atoms with Gasteiger partial charge in [0, 0.05) is 33.1 Å². The third-order valence-electron chi connectivity index (χ3n) is 5.99. The zero-order chi connectivity index (χ0) is 23.2. The highest BCUT2D eigenvalue weighted by molar-refractivity contribution is 5.98. The van der Waals surface area contributed by atoms with Gasteiger partial charge in [-0.1, -0.05) is 12.1 Å². The topological polar surface area (TPSA) is 99.5 Å². The molecule has 0 saturated carbocycles. The number of rotatable bonds is 5. The number of fused-ring (bicyclic) bond motifs is 1. The number of aromatic nitrogens is 1. The summed E-state index contributed by atoms with van der Waals surface area (Å²) < 4.78 is 27.3. The minimum atomic E-state index is -0.973. The van der Waals surface area contributed by atoms with E-state index >= 15 is 0 Å². The molecule has 1 aliphatic heterocycles. The smallest absolute Gasteiger partial charge is 0.314 e. The summed E-state index contributed by atoms with van der Waals surface area (Å²) >= 11 is 0. The number of nitrogens with one attached hydrogen (secondary N) is 1. The SMILES string of the molecule is CN1C(=O)[C@H](Cc2c[nH]c3ccc(F)c([N+](=O)[O-])c23)N(C)C(=O)[C@@H]1Cc1ccc(F)cc1. The number of H-pyrrole nitrogens is 1. The fraction of sp³-hybridized carbons (Fsp3) is 0.273. The summed E-state index contributed by atoms with van der Waals surface area (Å²) in [6.07, 6.45) is 1.70. The van der Waals surface area contributed by atoms with Gasteiger partial charge in [0.15, 0.2) is 0 Å². The number of halogens is 2. The molecule has 4 rings (SSSR count). The first-order valence-electron chi connectivity index (χ1n) is 9.89. The van der Waals surface area contributed by atoms with Gasteiger partial charge in [-0.2, -0.15) is 4.39 Å². The Balaban J connectivity index is 1.63. The van der Waals surface area contributed by atoms with Gasteiger partial charge in [0.1, 0.15) is 17.9 Å². The molecule has 10 heteroatoms. The minimum Gasteiger partial charge on any atom is -0.361 e. The maximum atomic E-state index is 14.1. The lowest BCUT2D eigenvalue weighted by molar-refractivity contribution is -0.385. The third-order valence-corrected chi connectivity index (χ3v) is 5.99. The molecule has 1 saturated heterocycles. The fourth-order valence-corrected chi connectivity index (χ4v) is 4.20. The van der Waals surface area contributed by atoms with E-state index < -0.39 is 34.3 Å². The molecule has 1 aromatic heterocycles. The van der Waals surface area contributed by atoms with Gasteiger partial charge in [-0.05, 0) is 35.4 Å². The number of amides is 2. The number of hydrogen-bond donors (Lipinski definition) is 1. The predicted octanol–water partition coefficient (Wildman–Crippen LogP) is 2.81. The Morgan fingerprint density at radius 3 is 2.16 bits per heavy atom. The number of benzene rings is 2. The normalized spacial score (nSPS) is 19.1. The van der Waals surface area contributed by atoms with Gasteiger partial charge in [0.25, 0.3) is 0 Å². The Kier molecular flexibility index (Phi) is 5.37. The molecule has 0 unspecified atom stereocenters. The van der Waals surface area contributed by atoms with Crippen molar-refractivity contribution >= 4 is 28.4 Å². The van der Waals surface area contributed by atoms with Crippen molar-refractivity contribution in [1.29, 1.82) is 0 Å². The van der Waals surface area contributed by atoms with E-state index in [1.165, 1.54) is 48.3 Å². The van der Waals surface area contributed by atoms with Crippen LogP contribution < -0.4 is 0 Å². The first-order chi connectivity index (χ1) is 15.2. The number of aromatic amines is 1. The molecule has 3 aromatic rings. The standard InChI is InChI=1S/C22H20F2N4O4/c1-26-17(9-12-3-5-14(23)6-4-12)21(29)27(2)18(22(26)30)10-13-11-25-16-8-7-15(24)20(19(13)16)28(31)32/h3-8,11,17-18,25H,9-10H2,1-2H3/t17-,18-/m0/s1. The van der Waals surface area contributed by atoms with Crippen molar-refractivity contribution in [3.8, 4) is 0 Å². The molecule has 2 heterocycles. The van der Waals surface area contributed by atoms with E-state index in [9.17, 15) is 28.5 Å². The van der Waals surface area contributed by atoms with Crippen molar-refractivity contribution < 1.29 is 23.3 Å². The molecular formula is C22H20F2N4O4. The van der Waals surface area contributed by atoms with Gasteiger partial charge in [-0.15, -0.1) is 0 Å². The summed E-state index contributed by atoms with van der Waals surface area (Å²) in [6, 6.07) is 6.45. The van der Waals surface area contributed by atoms with Crippen LogP contribution in [-0.4, -0.2) is 57.7 Å². The average molecular weight is 442 g/mol. The summed E-state index contributed by atoms with van der Waals surface area (Å²) in [4.78, 5) is 42.4. The Hall–Kier alpha value is -3.82. The molecule has 32 heavy (non-hydrogen) atoms. The Morgan fingerprint density at radius 1 is 0.969 bits per heavy atom. The summed E-state index contributed by atoms with van der Waals surface area (Å²) in [5.74, 6) is -2.01. The van der Waals surface area contributed by atoms with Crippen molar-refractivity contribution in [3.05, 3.63) is 75.5 Å². The fourth-order valence-electron chi connectivity index (χ4n) is 4.20. The molecule has 8 nitrogen and oxygen atoms in total. The number of piperazine rings is 1. The van der Waals surface area contributed by atoms with Crippen LogP contribution in [0.4, 0.5) is 14.5 Å². The van der Waals surface area contributed by atoms with Gasteiger partial charge >= 0.3 is 5.69 Å². The quantitative estimate of drug-likeness (QED) is 0.485. The maximum absolute atomic E-state index is 14.1. The first-order valence-corrected chi connectivity index (χ1v) is 9.89. The summed E-state index contributed by atoms with van der Waals surface area (Å²) in [5.41, 5.74) is 0.778. The number of likely N-dealkylation sites (N-methyl/N-ethyl adjacent to an activating group) is 2. The van der Waals surface area contributed by atoms with Gasteiger partial charge in [-0.25, -0.2) is 4.39 Å². The zero-order valence-corrected chi connectivity index (χ0v) is 17.3. The van der Waals surface area contributed by atoms with Crippen LogP contribution in [0.2, 0.25) is 0 Å². The lowest BCUT2D eigenvalue weighted by atomic mass is 9.95. The lowest BCUT2D eigenvalue weighted by Gasteiger charge is -2.42. The van der Waals surface area contributed by atoms with E-state index in [1.54, 1.807) is 12.1 Å². The van der Waals surface area contributed by atoms with Crippen molar-refractivity contribution in [1.82, 2.24) is 14.8 Å². The van der Waals surface area contributed by atoms with Crippen molar-refractivity contribution in [3.63, 3.8) is 0 Å². The van der Waals surface area contributed by atoms with Gasteiger partial charge < -0.3 is 14.8 Å². The van der Waals surface area contributed by atoms with E-state index in [0.29, 0.717) is 16.6 Å². The second-order valence-corrected chi connectivity index (χ2v) is 7.85. The summed E-state index contributed by atoms with van der Waals surface area (Å²) in [5, 5.41) is 11.5. The highest BCUT2D eigenvalue weighted by Crippen LogP contribution is 2.33. The molecule has 0 radical (unpaired) electrons. The van der Waals surface area contributed by atoms with Crippen molar-refractivity contribution in [2.24, 2.45) is 0 Å². The van der Waals surface area contributed by atoms with Crippen LogP contribution in [-0.2, 0) is 22.4 Å². The number of carbonyl (C=O) groups excluding carboxylic acids is 2. The van der Waals surface area contributed by atoms with Gasteiger partial charge in [-0.3, -0.25) is 19.7 Å². The van der Waals surface area contributed by atoms with Crippen LogP contribution in [0.25, 0.3) is 10.9 Å². The lowest BCUT2D eigenvalue weighted by Crippen LogP contribution is -2.63. The number of nitro groups is 1. The van der Waals surface area contributed by atoms with Crippen LogP contribution >= 0.6 is 0 Å². The Bertz CT molecular complexity index is 1220. The monoisotopic (exact) mass is 442 g/mol. The highest BCUT2D eigenvalue weighted by Gasteiger charge is 2.43. The van der Waals surface area contributed by atoms with Gasteiger partial charge in [0.05, 0.1) is 15.8 Å². The molecule has 166 valence electrons. The third kappa shape index (κ3) is 3.57. The van der Waals surface area contributed by atoms with E-state index in [4.69, 9.17) is 0 Å². The molecule has 0 aliphatic carbocycles. The molecule has 2 aromatic carbocycles. The van der Waals surface area contributed by atoms with Crippen LogP contribution in [0.15, 0.2) is 42.6 Å². The van der Waals surface area contributed by atoms with E-state index in [-0.39, 0.29) is 30.0 Å². The zero-order valence-electron chi connectivity index (χ0n) is 17.3. The molecule has 2 amide bonds. The second-order valence-electron chi connectivity index (χ2n) is 7.85. The summed E-state index contributed by atoms with van der Waals surface area (Å²) in [6.45, 7) is 0. The van der Waals surface area contributed by atoms with Crippen molar-refractivity contribution in [2.75, 3.05) is 14.1 Å². The molecular weight excluding hydrogens is 422 g/mol. The molecule has 0 bridgehead atoms. The Morgan fingerprint density at radius 2 is 1.56 bits per heavy atom. The second kappa shape index (κ2) is 8.03. The number of hydrogen-bond acceptors (Lipinski definition) is 4. The van der Waals surface area contributed by atoms with E-state index in [1.807, 2.05) is 0 Å². The molecule has 2 atom stereocenters. The number of nitrogens with zero attached hydrogens (tertiary/aromatic N) is 3. The number of nitro benzene ring substituents is 1. The highest BCUT2D eigenvalue weighted by atomic mass is 19.1. The largest absolute Gasteiger partial charge is 0.361 e. The average Bonchev–Trinajstić information content (AvgIpc) is 3.16. The minimum absolute atomic E-state index is 0.0149. The van der Waals surface area contributed by atoms with E-state index in [0.717, 1.165) is 6.07 Å².